The van der Waals surface area contributed by atoms with Crippen molar-refractivity contribution < 1.29 is 9.32 Å². The Morgan fingerprint density at radius 3 is 2.56 bits per heavy atom. The summed E-state index contributed by atoms with van der Waals surface area (Å²) in [6.07, 6.45) is 9.55. The van der Waals surface area contributed by atoms with Crippen molar-refractivity contribution in [1.82, 2.24) is 0 Å². The fourth-order valence-corrected chi connectivity index (χ4v) is 5.45. The molecule has 2 unspecified atom stereocenters. The highest BCUT2D eigenvalue weighted by Crippen LogP contribution is 2.41. The molecule has 2 rings (SSSR count). The first-order valence-corrected chi connectivity index (χ1v) is 7.65. The van der Waals surface area contributed by atoms with Crippen molar-refractivity contribution in [3.05, 3.63) is 12.7 Å². The number of fused-ring (bicyclic) bond motifs is 2. The average Bonchev–Trinajstić information content (AvgIpc) is 2.21. The molecule has 0 aromatic rings. The summed E-state index contributed by atoms with van der Waals surface area (Å²) < 4.78 is 12.0. The summed E-state index contributed by atoms with van der Waals surface area (Å²) in [6, 6.07) is 0. The van der Waals surface area contributed by atoms with Crippen molar-refractivity contribution >= 4 is 10.8 Å². The minimum Gasteiger partial charge on any atom is -0.390 e. The van der Waals surface area contributed by atoms with Gasteiger partial charge in [-0.3, -0.25) is 4.21 Å². The Hall–Kier alpha value is -0.150. The number of allylic oxidation sites excluding steroid dienone is 1. The van der Waals surface area contributed by atoms with Crippen molar-refractivity contribution in [2.45, 2.75) is 67.5 Å². The summed E-state index contributed by atoms with van der Waals surface area (Å²) in [6.45, 7) is 3.71. The molecule has 0 spiro atoms. The molecule has 0 aromatic carbocycles. The van der Waals surface area contributed by atoms with Crippen molar-refractivity contribution in [3.63, 3.8) is 0 Å². The minimum atomic E-state index is -0.670. The van der Waals surface area contributed by atoms with E-state index >= 15 is 0 Å². The third kappa shape index (κ3) is 2.57. The van der Waals surface area contributed by atoms with E-state index in [2.05, 4.69) is 6.58 Å². The van der Waals surface area contributed by atoms with E-state index in [-0.39, 0.29) is 10.5 Å². The molecule has 2 bridgehead atoms. The third-order valence-corrected chi connectivity index (χ3v) is 6.09. The lowest BCUT2D eigenvalue weighted by molar-refractivity contribution is 0.00165. The highest BCUT2D eigenvalue weighted by atomic mass is 32.2. The molecular formula is C13H22O2S. The maximum absolute atomic E-state index is 12.0. The normalized spacial score (nSPS) is 42.9. The summed E-state index contributed by atoms with van der Waals surface area (Å²) in [5.74, 6) is 0. The van der Waals surface area contributed by atoms with E-state index in [1.54, 1.807) is 0 Å². The number of aliphatic hydroxyl groups is 1. The fourth-order valence-electron chi connectivity index (χ4n) is 3.16. The zero-order valence-corrected chi connectivity index (χ0v) is 10.7. The van der Waals surface area contributed by atoms with Crippen LogP contribution in [-0.2, 0) is 10.8 Å². The van der Waals surface area contributed by atoms with Crippen LogP contribution in [0.15, 0.2) is 12.7 Å². The van der Waals surface area contributed by atoms with Crippen LogP contribution in [0.4, 0.5) is 0 Å². The maximum Gasteiger partial charge on any atom is 0.0670 e. The van der Waals surface area contributed by atoms with Gasteiger partial charge in [0.15, 0.2) is 0 Å². The predicted molar refractivity (Wildman–Crippen MR) is 67.8 cm³/mol. The molecule has 0 radical (unpaired) electrons. The van der Waals surface area contributed by atoms with Crippen molar-refractivity contribution in [3.8, 4) is 0 Å². The van der Waals surface area contributed by atoms with Crippen LogP contribution in [-0.4, -0.2) is 25.4 Å². The van der Waals surface area contributed by atoms with Crippen LogP contribution in [0.2, 0.25) is 0 Å². The first-order valence-electron chi connectivity index (χ1n) is 6.37. The van der Waals surface area contributed by atoms with Crippen LogP contribution in [0, 0.1) is 0 Å². The average molecular weight is 242 g/mol. The fraction of sp³-hybridized carbons (Fsp3) is 0.846. The topological polar surface area (TPSA) is 37.3 Å². The Morgan fingerprint density at radius 2 is 2.00 bits per heavy atom. The monoisotopic (exact) mass is 242 g/mol. The summed E-state index contributed by atoms with van der Waals surface area (Å²) in [4.78, 5) is 0. The molecule has 2 heterocycles. The number of hydrogen-bond acceptors (Lipinski definition) is 2. The van der Waals surface area contributed by atoms with Crippen LogP contribution < -0.4 is 0 Å². The smallest absolute Gasteiger partial charge is 0.0670 e. The SMILES string of the molecule is C=CCCCC1(O)CC2CCCC(C1)S2=O. The first kappa shape index (κ1) is 12.3. The molecule has 0 saturated carbocycles. The summed E-state index contributed by atoms with van der Waals surface area (Å²) in [5, 5.41) is 11.1. The van der Waals surface area contributed by atoms with Gasteiger partial charge in [-0.25, -0.2) is 0 Å². The van der Waals surface area contributed by atoms with E-state index < -0.39 is 16.4 Å². The Balaban J connectivity index is 1.96. The van der Waals surface area contributed by atoms with Crippen molar-refractivity contribution in [1.29, 1.82) is 0 Å². The highest BCUT2D eigenvalue weighted by Gasteiger charge is 2.44. The molecule has 2 saturated heterocycles. The molecule has 2 nitrogen and oxygen atoms in total. The molecule has 0 amide bonds. The largest absolute Gasteiger partial charge is 0.390 e. The van der Waals surface area contributed by atoms with Gasteiger partial charge in [0.25, 0.3) is 0 Å². The molecule has 16 heavy (non-hydrogen) atoms. The Bertz CT molecular complexity index is 272. The summed E-state index contributed by atoms with van der Waals surface area (Å²) >= 11 is 0. The van der Waals surface area contributed by atoms with E-state index in [4.69, 9.17) is 0 Å². The van der Waals surface area contributed by atoms with Gasteiger partial charge >= 0.3 is 0 Å². The number of hydrogen-bond donors (Lipinski definition) is 1. The van der Waals surface area contributed by atoms with Gasteiger partial charge in [-0.2, -0.15) is 0 Å². The van der Waals surface area contributed by atoms with E-state index in [9.17, 15) is 9.32 Å². The highest BCUT2D eigenvalue weighted by molar-refractivity contribution is 7.86. The van der Waals surface area contributed by atoms with Gasteiger partial charge in [-0.1, -0.05) is 12.5 Å². The van der Waals surface area contributed by atoms with Gasteiger partial charge in [0, 0.05) is 21.3 Å². The molecule has 1 N–H and O–H groups in total. The molecule has 2 aliphatic rings. The predicted octanol–water partition coefficient (Wildman–Crippen LogP) is 2.54. The lowest BCUT2D eigenvalue weighted by atomic mass is 9.82. The van der Waals surface area contributed by atoms with Gasteiger partial charge in [0.1, 0.15) is 0 Å². The number of unbranched alkanes of at least 4 members (excludes halogenated alkanes) is 1. The van der Waals surface area contributed by atoms with Crippen LogP contribution in [0.1, 0.15) is 51.4 Å². The second-order valence-corrected chi connectivity index (χ2v) is 7.31. The number of rotatable bonds is 4. The summed E-state index contributed by atoms with van der Waals surface area (Å²) in [5.41, 5.74) is -0.535. The van der Waals surface area contributed by atoms with Crippen LogP contribution in [0.3, 0.4) is 0 Å². The van der Waals surface area contributed by atoms with Crippen molar-refractivity contribution in [2.24, 2.45) is 0 Å². The van der Waals surface area contributed by atoms with E-state index in [1.807, 2.05) is 6.08 Å². The van der Waals surface area contributed by atoms with E-state index in [1.165, 1.54) is 6.42 Å². The molecule has 0 aromatic heterocycles. The molecule has 2 atom stereocenters. The van der Waals surface area contributed by atoms with Gasteiger partial charge < -0.3 is 5.11 Å². The quantitative estimate of drug-likeness (QED) is 0.607. The third-order valence-electron chi connectivity index (χ3n) is 3.97. The van der Waals surface area contributed by atoms with Crippen LogP contribution in [0.5, 0.6) is 0 Å². The molecular weight excluding hydrogens is 220 g/mol. The van der Waals surface area contributed by atoms with E-state index in [0.717, 1.165) is 44.9 Å². The second kappa shape index (κ2) is 5.01. The Morgan fingerprint density at radius 1 is 1.38 bits per heavy atom. The van der Waals surface area contributed by atoms with E-state index in [0.29, 0.717) is 0 Å². The summed E-state index contributed by atoms with van der Waals surface area (Å²) in [7, 11) is -0.670. The van der Waals surface area contributed by atoms with Crippen LogP contribution >= 0.6 is 0 Å². The standard InChI is InChI=1S/C13H22O2S/c1-2-3-4-8-13(14)9-11-6-5-7-12(10-13)16(11)15/h2,11-12,14H,1,3-10H2. The van der Waals surface area contributed by atoms with Gasteiger partial charge in [0.05, 0.1) is 5.60 Å². The molecule has 92 valence electrons. The van der Waals surface area contributed by atoms with Gasteiger partial charge in [-0.05, 0) is 44.9 Å². The van der Waals surface area contributed by atoms with Crippen molar-refractivity contribution in [2.75, 3.05) is 0 Å². The second-order valence-electron chi connectivity index (χ2n) is 5.32. The van der Waals surface area contributed by atoms with Gasteiger partial charge in [0.2, 0.25) is 0 Å². The minimum absolute atomic E-state index is 0.265. The lowest BCUT2D eigenvalue weighted by Gasteiger charge is -2.43. The zero-order valence-electron chi connectivity index (χ0n) is 9.86. The first-order chi connectivity index (χ1) is 7.64. The Labute approximate surface area is 101 Å². The molecule has 3 heteroatoms. The zero-order chi connectivity index (χ0) is 11.6. The van der Waals surface area contributed by atoms with Gasteiger partial charge in [-0.15, -0.1) is 6.58 Å². The maximum atomic E-state index is 12.0. The van der Waals surface area contributed by atoms with Crippen LogP contribution in [0.25, 0.3) is 0 Å². The molecule has 0 aliphatic carbocycles. The molecule has 2 aliphatic heterocycles. The lowest BCUT2D eigenvalue weighted by Crippen LogP contribution is -2.48. The Kier molecular flexibility index (Phi) is 3.85. The molecule has 2 fully saturated rings.